The van der Waals surface area contributed by atoms with Gasteiger partial charge in [0.2, 0.25) is 11.8 Å². The molecule has 3 fully saturated rings. The summed E-state index contributed by atoms with van der Waals surface area (Å²) in [6.07, 6.45) is 13.5. The summed E-state index contributed by atoms with van der Waals surface area (Å²) in [6, 6.07) is 2.94. The van der Waals surface area contributed by atoms with E-state index in [4.69, 9.17) is 0 Å². The molecule has 0 aromatic rings. The molecule has 2 heterocycles. The third-order valence-electron chi connectivity index (χ3n) is 8.29. The average Bonchev–Trinajstić information content (AvgIpc) is 3.42. The lowest BCUT2D eigenvalue weighted by Gasteiger charge is -2.34. The van der Waals surface area contributed by atoms with Crippen LogP contribution in [0.3, 0.4) is 0 Å². The van der Waals surface area contributed by atoms with Crippen molar-refractivity contribution in [1.82, 2.24) is 16.0 Å². The SMILES string of the molecule is CCC1CCCC(NC(=O)CSC2=C(C#N)C(C3CCCS3)C(C(=O)NC3CCCCC3)=C(C)N2)C1. The van der Waals surface area contributed by atoms with E-state index in [0.717, 1.165) is 73.4 Å². The maximum absolute atomic E-state index is 13.5. The second-order valence-corrected chi connectivity index (χ2v) is 13.2. The topological polar surface area (TPSA) is 94.0 Å². The van der Waals surface area contributed by atoms with Gasteiger partial charge in [-0.3, -0.25) is 9.59 Å². The molecule has 2 aliphatic heterocycles. The lowest BCUT2D eigenvalue weighted by Crippen LogP contribution is -2.43. The molecule has 4 unspecified atom stereocenters. The highest BCUT2D eigenvalue weighted by Crippen LogP contribution is 2.44. The number of hydrogen-bond donors (Lipinski definition) is 3. The molecule has 4 atom stereocenters. The minimum Gasteiger partial charge on any atom is -0.353 e. The fourth-order valence-electron chi connectivity index (χ4n) is 6.32. The van der Waals surface area contributed by atoms with Gasteiger partial charge in [0.05, 0.1) is 22.4 Å². The minimum atomic E-state index is -0.221. The van der Waals surface area contributed by atoms with Gasteiger partial charge < -0.3 is 16.0 Å². The van der Waals surface area contributed by atoms with Crippen molar-refractivity contribution in [3.05, 3.63) is 21.9 Å². The maximum atomic E-state index is 13.5. The fourth-order valence-corrected chi connectivity index (χ4v) is 8.66. The van der Waals surface area contributed by atoms with Crippen molar-refractivity contribution in [2.45, 2.75) is 108 Å². The molecule has 0 aromatic heterocycles. The number of carbonyl (C=O) groups is 2. The molecule has 4 aliphatic rings. The van der Waals surface area contributed by atoms with Crippen molar-refractivity contribution >= 4 is 35.3 Å². The van der Waals surface area contributed by atoms with E-state index in [2.05, 4.69) is 28.9 Å². The Hall–Kier alpha value is -1.59. The molecule has 0 spiro atoms. The third kappa shape index (κ3) is 6.83. The molecule has 198 valence electrons. The first-order valence-corrected chi connectivity index (χ1v) is 16.0. The fraction of sp³-hybridized carbons (Fsp3) is 0.750. The maximum Gasteiger partial charge on any atom is 0.249 e. The number of allylic oxidation sites excluding steroid dienone is 2. The summed E-state index contributed by atoms with van der Waals surface area (Å²) in [4.78, 5) is 26.3. The molecular weight excluding hydrogens is 488 g/mol. The van der Waals surface area contributed by atoms with Crippen LogP contribution in [0.5, 0.6) is 0 Å². The van der Waals surface area contributed by atoms with Gasteiger partial charge in [-0.2, -0.15) is 17.0 Å². The van der Waals surface area contributed by atoms with Gasteiger partial charge in [-0.1, -0.05) is 57.2 Å². The van der Waals surface area contributed by atoms with Crippen molar-refractivity contribution in [2.24, 2.45) is 11.8 Å². The first-order valence-electron chi connectivity index (χ1n) is 14.0. The van der Waals surface area contributed by atoms with Gasteiger partial charge in [-0.25, -0.2) is 0 Å². The second-order valence-electron chi connectivity index (χ2n) is 10.8. The Bertz CT molecular complexity index is 913. The molecule has 4 rings (SSSR count). The number of dihydropyridines is 1. The van der Waals surface area contributed by atoms with Crippen LogP contribution in [0.15, 0.2) is 21.9 Å². The van der Waals surface area contributed by atoms with Crippen LogP contribution in [0.1, 0.15) is 90.9 Å². The lowest BCUT2D eigenvalue weighted by molar-refractivity contribution is -0.120. The zero-order valence-corrected chi connectivity index (χ0v) is 23.5. The van der Waals surface area contributed by atoms with Crippen molar-refractivity contribution < 1.29 is 9.59 Å². The molecule has 1 saturated heterocycles. The zero-order chi connectivity index (χ0) is 25.5. The smallest absolute Gasteiger partial charge is 0.249 e. The normalized spacial score (nSPS) is 29.5. The predicted molar refractivity (Wildman–Crippen MR) is 149 cm³/mol. The van der Waals surface area contributed by atoms with Crippen molar-refractivity contribution in [1.29, 1.82) is 5.26 Å². The van der Waals surface area contributed by atoms with Gasteiger partial charge in [0.25, 0.3) is 0 Å². The van der Waals surface area contributed by atoms with Crippen LogP contribution in [0, 0.1) is 23.2 Å². The Morgan fingerprint density at radius 2 is 1.83 bits per heavy atom. The molecule has 8 heteroatoms. The molecule has 0 radical (unpaired) electrons. The molecule has 3 N–H and O–H groups in total. The molecule has 2 saturated carbocycles. The second kappa shape index (κ2) is 13.3. The predicted octanol–water partition coefficient (Wildman–Crippen LogP) is 5.38. The number of carbonyl (C=O) groups excluding carboxylic acids is 2. The quantitative estimate of drug-likeness (QED) is 0.390. The van der Waals surface area contributed by atoms with Crippen LogP contribution < -0.4 is 16.0 Å². The molecular formula is C28H42N4O2S2. The lowest BCUT2D eigenvalue weighted by atomic mass is 9.83. The van der Waals surface area contributed by atoms with Crippen molar-refractivity contribution in [2.75, 3.05) is 11.5 Å². The number of amides is 2. The van der Waals surface area contributed by atoms with Gasteiger partial charge in [0, 0.05) is 34.5 Å². The first kappa shape index (κ1) is 27.4. The van der Waals surface area contributed by atoms with E-state index in [-0.39, 0.29) is 40.8 Å². The molecule has 2 aliphatic carbocycles. The van der Waals surface area contributed by atoms with Gasteiger partial charge in [0.15, 0.2) is 0 Å². The van der Waals surface area contributed by atoms with E-state index in [1.807, 2.05) is 18.7 Å². The number of thioether (sulfide) groups is 2. The van der Waals surface area contributed by atoms with Crippen molar-refractivity contribution in [3.63, 3.8) is 0 Å². The summed E-state index contributed by atoms with van der Waals surface area (Å²) in [5.74, 6) is 1.84. The first-order chi connectivity index (χ1) is 17.5. The molecule has 6 nitrogen and oxygen atoms in total. The highest BCUT2D eigenvalue weighted by atomic mass is 32.2. The number of rotatable bonds is 8. The molecule has 0 bridgehead atoms. The van der Waals surface area contributed by atoms with E-state index in [0.29, 0.717) is 11.5 Å². The number of nitrogens with one attached hydrogen (secondary N) is 3. The molecule has 0 aromatic carbocycles. The standard InChI is InChI=1S/C28H42N4O2S2/c1-3-19-9-7-12-21(15-19)31-24(33)17-36-28-22(16-29)26(23-13-8-14-35-23)25(18(2)30-28)27(34)32-20-10-5-4-6-11-20/h19-21,23,26,30H,3-15,17H2,1-2H3,(H,31,33)(H,32,34). The average molecular weight is 531 g/mol. The van der Waals surface area contributed by atoms with Crippen LogP contribution in [-0.2, 0) is 9.59 Å². The summed E-state index contributed by atoms with van der Waals surface area (Å²) in [7, 11) is 0. The van der Waals surface area contributed by atoms with Crippen LogP contribution in [-0.4, -0.2) is 40.7 Å². The van der Waals surface area contributed by atoms with E-state index >= 15 is 0 Å². The Kier molecular flexibility index (Phi) is 10.1. The Morgan fingerprint density at radius 1 is 1.06 bits per heavy atom. The van der Waals surface area contributed by atoms with E-state index in [1.165, 1.54) is 37.4 Å². The summed E-state index contributed by atoms with van der Waals surface area (Å²) < 4.78 is 0. The minimum absolute atomic E-state index is 0.0262. The van der Waals surface area contributed by atoms with Crippen LogP contribution in [0.4, 0.5) is 0 Å². The largest absolute Gasteiger partial charge is 0.353 e. The third-order valence-corrected chi connectivity index (χ3v) is 10.8. The monoisotopic (exact) mass is 530 g/mol. The van der Waals surface area contributed by atoms with Gasteiger partial charge in [0.1, 0.15) is 0 Å². The van der Waals surface area contributed by atoms with E-state index in [1.54, 1.807) is 0 Å². The summed E-state index contributed by atoms with van der Waals surface area (Å²) in [6.45, 7) is 4.18. The van der Waals surface area contributed by atoms with Crippen LogP contribution in [0.2, 0.25) is 0 Å². The zero-order valence-electron chi connectivity index (χ0n) is 21.9. The Morgan fingerprint density at radius 3 is 2.53 bits per heavy atom. The highest BCUT2D eigenvalue weighted by molar-refractivity contribution is 8.03. The Labute approximate surface area is 225 Å². The number of nitriles is 1. The number of hydrogen-bond acceptors (Lipinski definition) is 6. The van der Waals surface area contributed by atoms with Gasteiger partial charge in [-0.05, 0) is 57.1 Å². The van der Waals surface area contributed by atoms with E-state index < -0.39 is 0 Å². The van der Waals surface area contributed by atoms with Gasteiger partial charge in [-0.15, -0.1) is 0 Å². The molecule has 36 heavy (non-hydrogen) atoms. The van der Waals surface area contributed by atoms with Crippen LogP contribution >= 0.6 is 23.5 Å². The summed E-state index contributed by atoms with van der Waals surface area (Å²) >= 11 is 3.28. The Balaban J connectivity index is 1.46. The van der Waals surface area contributed by atoms with Crippen LogP contribution in [0.25, 0.3) is 0 Å². The number of nitrogens with zero attached hydrogens (tertiary/aromatic N) is 1. The summed E-state index contributed by atoms with van der Waals surface area (Å²) in [5.41, 5.74) is 2.16. The van der Waals surface area contributed by atoms with E-state index in [9.17, 15) is 14.9 Å². The van der Waals surface area contributed by atoms with Crippen molar-refractivity contribution in [3.8, 4) is 6.07 Å². The van der Waals surface area contributed by atoms with Gasteiger partial charge >= 0.3 is 0 Å². The molecule has 2 amide bonds. The summed E-state index contributed by atoms with van der Waals surface area (Å²) in [5, 5.41) is 21.1. The highest BCUT2D eigenvalue weighted by Gasteiger charge is 2.40.